The van der Waals surface area contributed by atoms with Crippen molar-refractivity contribution >= 4 is 11.9 Å². The number of carbonyl (C=O) groups is 2. The maximum Gasteiger partial charge on any atom is 0.329 e. The van der Waals surface area contributed by atoms with Gasteiger partial charge < -0.3 is 14.7 Å². The van der Waals surface area contributed by atoms with E-state index in [-0.39, 0.29) is 12.5 Å². The zero-order valence-electron chi connectivity index (χ0n) is 12.3. The molecule has 1 N–H and O–H groups in total. The monoisotopic (exact) mass is 284 g/mol. The minimum atomic E-state index is -0.955. The number of hydrogen-bond donors (Lipinski definition) is 1. The quantitative estimate of drug-likeness (QED) is 0.792. The lowest BCUT2D eigenvalue weighted by atomic mass is 9.96. The highest BCUT2D eigenvalue weighted by molar-refractivity contribution is 5.78. The van der Waals surface area contributed by atoms with Crippen molar-refractivity contribution in [2.45, 2.75) is 32.3 Å². The van der Waals surface area contributed by atoms with Gasteiger partial charge in [-0.15, -0.1) is 0 Å². The molecule has 0 radical (unpaired) electrons. The summed E-state index contributed by atoms with van der Waals surface area (Å²) < 4.78 is 5.33. The van der Waals surface area contributed by atoms with Gasteiger partial charge in [-0.3, -0.25) is 9.69 Å². The van der Waals surface area contributed by atoms with E-state index in [0.717, 1.165) is 31.8 Å². The Morgan fingerprint density at radius 1 is 1.30 bits per heavy atom. The highest BCUT2D eigenvalue weighted by Crippen LogP contribution is 2.25. The SMILES string of the molecule is CC1CCN(C(=O)CN2CC(C)(OCC(=O)O)C2)CC1. The summed E-state index contributed by atoms with van der Waals surface area (Å²) in [5, 5.41) is 8.60. The van der Waals surface area contributed by atoms with Crippen molar-refractivity contribution in [3.8, 4) is 0 Å². The molecule has 0 aliphatic carbocycles. The molecule has 0 bridgehead atoms. The average Bonchev–Trinajstić information content (AvgIpc) is 2.35. The van der Waals surface area contributed by atoms with Gasteiger partial charge in [-0.05, 0) is 25.7 Å². The normalized spacial score (nSPS) is 23.4. The number of aliphatic carboxylic acids is 1. The molecular weight excluding hydrogens is 260 g/mol. The van der Waals surface area contributed by atoms with E-state index in [1.807, 2.05) is 16.7 Å². The van der Waals surface area contributed by atoms with Gasteiger partial charge in [0.25, 0.3) is 0 Å². The summed E-state index contributed by atoms with van der Waals surface area (Å²) >= 11 is 0. The lowest BCUT2D eigenvalue weighted by molar-refractivity contribution is -0.168. The molecule has 2 aliphatic rings. The number of hydrogen-bond acceptors (Lipinski definition) is 4. The summed E-state index contributed by atoms with van der Waals surface area (Å²) in [6.45, 7) is 7.22. The molecule has 0 saturated carbocycles. The fraction of sp³-hybridized carbons (Fsp3) is 0.857. The van der Waals surface area contributed by atoms with Gasteiger partial charge in [-0.2, -0.15) is 0 Å². The van der Waals surface area contributed by atoms with E-state index in [1.165, 1.54) is 0 Å². The van der Waals surface area contributed by atoms with Crippen LogP contribution in [0.4, 0.5) is 0 Å². The molecule has 20 heavy (non-hydrogen) atoms. The summed E-state index contributed by atoms with van der Waals surface area (Å²) in [6, 6.07) is 0. The van der Waals surface area contributed by atoms with Crippen molar-refractivity contribution in [3.63, 3.8) is 0 Å². The number of carbonyl (C=O) groups excluding carboxylic acids is 1. The third-order valence-corrected chi connectivity index (χ3v) is 4.16. The number of likely N-dealkylation sites (tertiary alicyclic amines) is 2. The summed E-state index contributed by atoms with van der Waals surface area (Å²) in [4.78, 5) is 26.6. The van der Waals surface area contributed by atoms with Crippen LogP contribution in [0, 0.1) is 5.92 Å². The zero-order chi connectivity index (χ0) is 14.8. The molecule has 6 nitrogen and oxygen atoms in total. The van der Waals surface area contributed by atoms with Crippen molar-refractivity contribution in [2.24, 2.45) is 5.92 Å². The van der Waals surface area contributed by atoms with Crippen molar-refractivity contribution < 1.29 is 19.4 Å². The second kappa shape index (κ2) is 6.10. The van der Waals surface area contributed by atoms with E-state index in [2.05, 4.69) is 6.92 Å². The molecule has 0 aromatic carbocycles. The Balaban J connectivity index is 1.68. The van der Waals surface area contributed by atoms with Gasteiger partial charge in [0.05, 0.1) is 12.1 Å². The van der Waals surface area contributed by atoms with E-state index >= 15 is 0 Å². The lowest BCUT2D eigenvalue weighted by Crippen LogP contribution is -2.63. The molecule has 0 aromatic heterocycles. The molecule has 2 heterocycles. The van der Waals surface area contributed by atoms with Crippen LogP contribution in [-0.2, 0) is 14.3 Å². The first-order valence-corrected chi connectivity index (χ1v) is 7.24. The largest absolute Gasteiger partial charge is 0.480 e. The van der Waals surface area contributed by atoms with Gasteiger partial charge in [-0.25, -0.2) is 4.79 Å². The number of piperidine rings is 1. The van der Waals surface area contributed by atoms with Gasteiger partial charge in [-0.1, -0.05) is 6.92 Å². The van der Waals surface area contributed by atoms with Crippen LogP contribution in [0.1, 0.15) is 26.7 Å². The fourth-order valence-electron chi connectivity index (χ4n) is 2.89. The second-order valence-electron chi connectivity index (χ2n) is 6.34. The van der Waals surface area contributed by atoms with E-state index in [1.54, 1.807) is 0 Å². The Hall–Kier alpha value is -1.14. The smallest absolute Gasteiger partial charge is 0.329 e. The van der Waals surface area contributed by atoms with Crippen molar-refractivity contribution in [3.05, 3.63) is 0 Å². The van der Waals surface area contributed by atoms with E-state index in [4.69, 9.17) is 9.84 Å². The minimum Gasteiger partial charge on any atom is -0.480 e. The molecule has 2 fully saturated rings. The molecule has 2 saturated heterocycles. The Morgan fingerprint density at radius 3 is 2.45 bits per heavy atom. The average molecular weight is 284 g/mol. The molecule has 0 aromatic rings. The third kappa shape index (κ3) is 3.93. The van der Waals surface area contributed by atoms with Crippen LogP contribution in [0.2, 0.25) is 0 Å². The van der Waals surface area contributed by atoms with Crippen LogP contribution in [0.25, 0.3) is 0 Å². The molecule has 0 unspecified atom stereocenters. The van der Waals surface area contributed by atoms with Gasteiger partial charge in [0.1, 0.15) is 6.61 Å². The summed E-state index contributed by atoms with van der Waals surface area (Å²) in [5.41, 5.74) is -0.422. The van der Waals surface area contributed by atoms with E-state index in [9.17, 15) is 9.59 Å². The van der Waals surface area contributed by atoms with Gasteiger partial charge in [0, 0.05) is 26.2 Å². The van der Waals surface area contributed by atoms with Crippen LogP contribution in [0.5, 0.6) is 0 Å². The topological polar surface area (TPSA) is 70.1 Å². The maximum absolute atomic E-state index is 12.1. The Morgan fingerprint density at radius 2 is 1.90 bits per heavy atom. The van der Waals surface area contributed by atoms with Crippen LogP contribution in [-0.4, -0.2) is 71.7 Å². The maximum atomic E-state index is 12.1. The van der Waals surface area contributed by atoms with Gasteiger partial charge >= 0.3 is 5.97 Å². The van der Waals surface area contributed by atoms with Gasteiger partial charge in [0.15, 0.2) is 0 Å². The number of nitrogens with zero attached hydrogens (tertiary/aromatic N) is 2. The Bertz CT molecular complexity index is 371. The predicted molar refractivity (Wildman–Crippen MR) is 73.4 cm³/mol. The number of carboxylic acids is 1. The minimum absolute atomic E-state index is 0.178. The first kappa shape index (κ1) is 15.3. The highest BCUT2D eigenvalue weighted by Gasteiger charge is 2.41. The second-order valence-corrected chi connectivity index (χ2v) is 6.34. The molecule has 2 aliphatic heterocycles. The summed E-state index contributed by atoms with van der Waals surface area (Å²) in [7, 11) is 0. The molecule has 0 atom stereocenters. The van der Waals surface area contributed by atoms with E-state index < -0.39 is 11.6 Å². The Kier molecular flexibility index (Phi) is 4.65. The molecule has 6 heteroatoms. The van der Waals surface area contributed by atoms with Crippen LogP contribution < -0.4 is 0 Å². The van der Waals surface area contributed by atoms with Crippen molar-refractivity contribution in [1.29, 1.82) is 0 Å². The number of carboxylic acid groups (broad SMARTS) is 1. The van der Waals surface area contributed by atoms with Crippen LogP contribution >= 0.6 is 0 Å². The summed E-state index contributed by atoms with van der Waals surface area (Å²) in [5.74, 6) is -0.0591. The van der Waals surface area contributed by atoms with Gasteiger partial charge in [0.2, 0.25) is 5.91 Å². The zero-order valence-corrected chi connectivity index (χ0v) is 12.3. The third-order valence-electron chi connectivity index (χ3n) is 4.16. The first-order valence-electron chi connectivity index (χ1n) is 7.24. The van der Waals surface area contributed by atoms with Crippen LogP contribution in [0.3, 0.4) is 0 Å². The summed E-state index contributed by atoms with van der Waals surface area (Å²) in [6.07, 6.45) is 2.18. The van der Waals surface area contributed by atoms with Crippen LogP contribution in [0.15, 0.2) is 0 Å². The number of ether oxygens (including phenoxy) is 1. The van der Waals surface area contributed by atoms with E-state index in [0.29, 0.717) is 19.6 Å². The Labute approximate surface area is 119 Å². The molecule has 1 amide bonds. The highest BCUT2D eigenvalue weighted by atomic mass is 16.5. The first-order chi connectivity index (χ1) is 9.38. The standard InChI is InChI=1S/C14H24N2O4/c1-11-3-5-16(6-4-11)12(17)7-15-9-14(2,10-15)20-8-13(18)19/h11H,3-10H2,1-2H3,(H,18,19). The predicted octanol–water partition coefficient (Wildman–Crippen LogP) is 0.420. The number of rotatable bonds is 5. The lowest BCUT2D eigenvalue weighted by Gasteiger charge is -2.47. The molecule has 114 valence electrons. The van der Waals surface area contributed by atoms with Crippen molar-refractivity contribution in [1.82, 2.24) is 9.80 Å². The molecular formula is C14H24N2O4. The van der Waals surface area contributed by atoms with Crippen molar-refractivity contribution in [2.75, 3.05) is 39.3 Å². The fourth-order valence-corrected chi connectivity index (χ4v) is 2.89. The molecule has 2 rings (SSSR count). The number of amides is 1. The molecule has 0 spiro atoms.